The zero-order valence-electron chi connectivity index (χ0n) is 12.3. The fourth-order valence-electron chi connectivity index (χ4n) is 2.45. The van der Waals surface area contributed by atoms with Crippen LogP contribution < -0.4 is 15.2 Å². The number of nitrogens with two attached hydrogens (primary N) is 1. The first kappa shape index (κ1) is 13.8. The molecule has 0 bridgehead atoms. The summed E-state index contributed by atoms with van der Waals surface area (Å²) in [4.78, 5) is 0. The van der Waals surface area contributed by atoms with Gasteiger partial charge in [0.15, 0.2) is 6.79 Å². The van der Waals surface area contributed by atoms with E-state index >= 15 is 0 Å². The molecule has 0 fully saturated rings. The van der Waals surface area contributed by atoms with Gasteiger partial charge in [0.25, 0.3) is 0 Å². The van der Waals surface area contributed by atoms with Gasteiger partial charge in [0.1, 0.15) is 18.1 Å². The molecule has 0 atom stereocenters. The SMILES string of the molecule is Cc1ccc(C)c(OCc2cc(N)cc3c2OCOC3)c1. The van der Waals surface area contributed by atoms with Crippen LogP contribution in [0.5, 0.6) is 11.5 Å². The summed E-state index contributed by atoms with van der Waals surface area (Å²) in [6.07, 6.45) is 0. The Kier molecular flexibility index (Phi) is 3.71. The third-order valence-corrected chi connectivity index (χ3v) is 3.54. The van der Waals surface area contributed by atoms with Crippen LogP contribution in [0.2, 0.25) is 0 Å². The van der Waals surface area contributed by atoms with E-state index in [1.165, 1.54) is 5.56 Å². The summed E-state index contributed by atoms with van der Waals surface area (Å²) in [6, 6.07) is 9.96. The second kappa shape index (κ2) is 5.66. The third-order valence-electron chi connectivity index (χ3n) is 3.54. The van der Waals surface area contributed by atoms with Crippen molar-refractivity contribution in [2.24, 2.45) is 0 Å². The van der Waals surface area contributed by atoms with Crippen LogP contribution in [0.25, 0.3) is 0 Å². The van der Waals surface area contributed by atoms with Gasteiger partial charge in [-0.2, -0.15) is 0 Å². The number of anilines is 1. The van der Waals surface area contributed by atoms with Crippen LogP contribution in [0.1, 0.15) is 22.3 Å². The van der Waals surface area contributed by atoms with Crippen LogP contribution >= 0.6 is 0 Å². The first-order valence-corrected chi connectivity index (χ1v) is 6.95. The van der Waals surface area contributed by atoms with Crippen LogP contribution in [0.3, 0.4) is 0 Å². The Morgan fingerprint density at radius 3 is 2.90 bits per heavy atom. The summed E-state index contributed by atoms with van der Waals surface area (Å²) < 4.78 is 16.8. The van der Waals surface area contributed by atoms with E-state index in [0.29, 0.717) is 18.9 Å². The number of aryl methyl sites for hydroxylation is 2. The maximum atomic E-state index is 5.95. The average Bonchev–Trinajstić information content (AvgIpc) is 2.47. The van der Waals surface area contributed by atoms with Crippen molar-refractivity contribution in [1.82, 2.24) is 0 Å². The molecule has 0 unspecified atom stereocenters. The Labute approximate surface area is 124 Å². The normalized spacial score (nSPS) is 13.4. The van der Waals surface area contributed by atoms with Crippen molar-refractivity contribution in [2.75, 3.05) is 12.5 Å². The highest BCUT2D eigenvalue weighted by Gasteiger charge is 2.16. The molecule has 1 aliphatic rings. The first-order chi connectivity index (χ1) is 10.1. The monoisotopic (exact) mass is 285 g/mol. The maximum absolute atomic E-state index is 5.95. The summed E-state index contributed by atoms with van der Waals surface area (Å²) in [7, 11) is 0. The van der Waals surface area contributed by atoms with Gasteiger partial charge >= 0.3 is 0 Å². The molecular formula is C17H19NO3. The lowest BCUT2D eigenvalue weighted by atomic mass is 10.1. The topological polar surface area (TPSA) is 53.7 Å². The van der Waals surface area contributed by atoms with Crippen LogP contribution in [-0.2, 0) is 18.0 Å². The van der Waals surface area contributed by atoms with Crippen molar-refractivity contribution in [2.45, 2.75) is 27.1 Å². The Bertz CT molecular complexity index is 667. The molecule has 1 heterocycles. The minimum atomic E-state index is 0.271. The van der Waals surface area contributed by atoms with E-state index in [1.807, 2.05) is 25.1 Å². The zero-order chi connectivity index (χ0) is 14.8. The highest BCUT2D eigenvalue weighted by Crippen LogP contribution is 2.32. The molecule has 21 heavy (non-hydrogen) atoms. The van der Waals surface area contributed by atoms with Crippen molar-refractivity contribution >= 4 is 5.69 Å². The molecule has 110 valence electrons. The lowest BCUT2D eigenvalue weighted by Crippen LogP contribution is -2.14. The number of fused-ring (bicyclic) bond motifs is 1. The number of nitrogen functional groups attached to an aromatic ring is 1. The molecule has 0 amide bonds. The summed E-state index contributed by atoms with van der Waals surface area (Å²) >= 11 is 0. The number of ether oxygens (including phenoxy) is 3. The van der Waals surface area contributed by atoms with Gasteiger partial charge < -0.3 is 19.9 Å². The third kappa shape index (κ3) is 2.95. The van der Waals surface area contributed by atoms with Gasteiger partial charge in [-0.3, -0.25) is 0 Å². The van der Waals surface area contributed by atoms with Crippen molar-refractivity contribution < 1.29 is 14.2 Å². The predicted octanol–water partition coefficient (Wildman–Crippen LogP) is 3.33. The quantitative estimate of drug-likeness (QED) is 0.879. The molecule has 0 saturated heterocycles. The Morgan fingerprint density at radius 1 is 1.19 bits per heavy atom. The van der Waals surface area contributed by atoms with Crippen molar-refractivity contribution in [3.63, 3.8) is 0 Å². The molecule has 0 aromatic heterocycles. The number of rotatable bonds is 3. The van der Waals surface area contributed by atoms with Crippen molar-refractivity contribution in [1.29, 1.82) is 0 Å². The molecule has 0 spiro atoms. The van der Waals surface area contributed by atoms with Gasteiger partial charge in [-0.15, -0.1) is 0 Å². The molecule has 4 nitrogen and oxygen atoms in total. The molecule has 4 heteroatoms. The van der Waals surface area contributed by atoms with Gasteiger partial charge in [-0.05, 0) is 43.2 Å². The van der Waals surface area contributed by atoms with Crippen LogP contribution in [-0.4, -0.2) is 6.79 Å². The number of hydrogen-bond donors (Lipinski definition) is 1. The number of benzene rings is 2. The summed E-state index contributed by atoms with van der Waals surface area (Å²) in [5.74, 6) is 1.72. The van der Waals surface area contributed by atoms with E-state index in [2.05, 4.69) is 19.1 Å². The van der Waals surface area contributed by atoms with Crippen LogP contribution in [0.4, 0.5) is 5.69 Å². The Morgan fingerprint density at radius 2 is 2.05 bits per heavy atom. The molecular weight excluding hydrogens is 266 g/mol. The fourth-order valence-corrected chi connectivity index (χ4v) is 2.45. The fraction of sp³-hybridized carbons (Fsp3) is 0.294. The Hall–Kier alpha value is -2.20. The maximum Gasteiger partial charge on any atom is 0.189 e. The largest absolute Gasteiger partial charge is 0.488 e. The summed E-state index contributed by atoms with van der Waals surface area (Å²) in [5.41, 5.74) is 10.9. The van der Waals surface area contributed by atoms with Crippen molar-refractivity contribution in [3.8, 4) is 11.5 Å². The molecule has 0 radical (unpaired) electrons. The van der Waals surface area contributed by atoms with Crippen LogP contribution in [0.15, 0.2) is 30.3 Å². The van der Waals surface area contributed by atoms with Gasteiger partial charge in [0.2, 0.25) is 0 Å². The summed E-state index contributed by atoms with van der Waals surface area (Å²) in [6.45, 7) is 5.31. The minimum absolute atomic E-state index is 0.271. The molecule has 2 N–H and O–H groups in total. The second-order valence-corrected chi connectivity index (χ2v) is 5.34. The second-order valence-electron chi connectivity index (χ2n) is 5.34. The number of hydrogen-bond acceptors (Lipinski definition) is 4. The predicted molar refractivity (Wildman–Crippen MR) is 81.4 cm³/mol. The smallest absolute Gasteiger partial charge is 0.189 e. The standard InChI is InChI=1S/C17H19NO3/c1-11-3-4-12(2)16(5-11)20-9-14-7-15(18)6-13-8-19-10-21-17(13)14/h3-7H,8-10,18H2,1-2H3. The van der Waals surface area contributed by atoms with Gasteiger partial charge in [0.05, 0.1) is 6.61 Å². The molecule has 2 aromatic carbocycles. The van der Waals surface area contributed by atoms with Gasteiger partial charge in [-0.25, -0.2) is 0 Å². The van der Waals surface area contributed by atoms with E-state index in [-0.39, 0.29) is 6.79 Å². The minimum Gasteiger partial charge on any atom is -0.488 e. The molecule has 0 aliphatic carbocycles. The van der Waals surface area contributed by atoms with Gasteiger partial charge in [0, 0.05) is 16.8 Å². The average molecular weight is 285 g/mol. The molecule has 1 aliphatic heterocycles. The first-order valence-electron chi connectivity index (χ1n) is 6.95. The van der Waals surface area contributed by atoms with Crippen molar-refractivity contribution in [3.05, 3.63) is 52.6 Å². The van der Waals surface area contributed by atoms with E-state index in [9.17, 15) is 0 Å². The molecule has 0 saturated carbocycles. The van der Waals surface area contributed by atoms with Gasteiger partial charge in [-0.1, -0.05) is 12.1 Å². The Balaban J connectivity index is 1.85. The van der Waals surface area contributed by atoms with E-state index in [0.717, 1.165) is 28.2 Å². The summed E-state index contributed by atoms with van der Waals surface area (Å²) in [5, 5.41) is 0. The molecule has 3 rings (SSSR count). The van der Waals surface area contributed by atoms with E-state index in [4.69, 9.17) is 19.9 Å². The molecule has 2 aromatic rings. The highest BCUT2D eigenvalue weighted by atomic mass is 16.7. The highest BCUT2D eigenvalue weighted by molar-refractivity contribution is 5.53. The van der Waals surface area contributed by atoms with Crippen LogP contribution in [0, 0.1) is 13.8 Å². The lowest BCUT2D eigenvalue weighted by molar-refractivity contribution is -0.0175. The zero-order valence-corrected chi connectivity index (χ0v) is 12.3. The van der Waals surface area contributed by atoms with E-state index < -0.39 is 0 Å². The lowest BCUT2D eigenvalue weighted by Gasteiger charge is -2.21. The van der Waals surface area contributed by atoms with E-state index in [1.54, 1.807) is 0 Å².